The van der Waals surface area contributed by atoms with E-state index in [1.165, 1.54) is 26.4 Å². The van der Waals surface area contributed by atoms with Crippen molar-refractivity contribution in [3.05, 3.63) is 29.6 Å². The van der Waals surface area contributed by atoms with Crippen LogP contribution < -0.4 is 10.1 Å². The largest absolute Gasteiger partial charge is 0.494 e. The quantitative estimate of drug-likeness (QED) is 0.895. The van der Waals surface area contributed by atoms with E-state index in [1.807, 2.05) is 12.1 Å². The summed E-state index contributed by atoms with van der Waals surface area (Å²) in [6.45, 7) is 5.18. The number of halogens is 1. The van der Waals surface area contributed by atoms with Gasteiger partial charge in [0, 0.05) is 18.2 Å². The van der Waals surface area contributed by atoms with Crippen LogP contribution >= 0.6 is 0 Å². The van der Waals surface area contributed by atoms with Crippen LogP contribution in [0.25, 0.3) is 0 Å². The van der Waals surface area contributed by atoms with Gasteiger partial charge >= 0.3 is 0 Å². The molecule has 1 saturated carbocycles. The zero-order valence-corrected chi connectivity index (χ0v) is 12.1. The zero-order valence-electron chi connectivity index (χ0n) is 12.1. The standard InChI is InChI=1S/C16H24FNO/c1-11-6-4-8-14(12(11)2)18-10-13-7-5-9-15(19-3)16(13)17/h5,7,9,11-12,14,18H,4,6,8,10H2,1-3H3. The van der Waals surface area contributed by atoms with Crippen molar-refractivity contribution in [1.29, 1.82) is 0 Å². The molecule has 0 aliphatic heterocycles. The first-order chi connectivity index (χ1) is 9.13. The number of benzene rings is 1. The molecule has 19 heavy (non-hydrogen) atoms. The average molecular weight is 265 g/mol. The lowest BCUT2D eigenvalue weighted by Crippen LogP contribution is -2.40. The smallest absolute Gasteiger partial charge is 0.169 e. The second-order valence-electron chi connectivity index (χ2n) is 5.69. The van der Waals surface area contributed by atoms with Gasteiger partial charge in [0.2, 0.25) is 0 Å². The topological polar surface area (TPSA) is 21.3 Å². The number of rotatable bonds is 4. The van der Waals surface area contributed by atoms with Gasteiger partial charge in [-0.15, -0.1) is 0 Å². The highest BCUT2D eigenvalue weighted by atomic mass is 19.1. The van der Waals surface area contributed by atoms with Crippen LogP contribution in [0.4, 0.5) is 4.39 Å². The van der Waals surface area contributed by atoms with E-state index in [0.29, 0.717) is 29.8 Å². The van der Waals surface area contributed by atoms with Crippen molar-refractivity contribution < 1.29 is 9.13 Å². The molecular weight excluding hydrogens is 241 g/mol. The molecule has 1 aliphatic carbocycles. The van der Waals surface area contributed by atoms with Crippen molar-refractivity contribution in [1.82, 2.24) is 5.32 Å². The Hall–Kier alpha value is -1.09. The second kappa shape index (κ2) is 6.38. The van der Waals surface area contributed by atoms with E-state index in [1.54, 1.807) is 6.07 Å². The highest BCUT2D eigenvalue weighted by molar-refractivity contribution is 5.30. The van der Waals surface area contributed by atoms with Crippen molar-refractivity contribution in [2.75, 3.05) is 7.11 Å². The van der Waals surface area contributed by atoms with Gasteiger partial charge in [-0.1, -0.05) is 38.8 Å². The fraction of sp³-hybridized carbons (Fsp3) is 0.625. The lowest BCUT2D eigenvalue weighted by atomic mass is 9.78. The minimum atomic E-state index is -0.242. The van der Waals surface area contributed by atoms with Crippen LogP contribution in [0.2, 0.25) is 0 Å². The van der Waals surface area contributed by atoms with Crippen molar-refractivity contribution in [3.8, 4) is 5.75 Å². The molecule has 106 valence electrons. The maximum Gasteiger partial charge on any atom is 0.169 e. The molecule has 0 radical (unpaired) electrons. The molecule has 0 spiro atoms. The summed E-state index contributed by atoms with van der Waals surface area (Å²) in [4.78, 5) is 0. The van der Waals surface area contributed by atoms with E-state index in [0.717, 1.165) is 5.92 Å². The SMILES string of the molecule is COc1cccc(CNC2CCCC(C)C2C)c1F. The van der Waals surface area contributed by atoms with Gasteiger partial charge in [0.15, 0.2) is 11.6 Å². The van der Waals surface area contributed by atoms with Crippen molar-refractivity contribution >= 4 is 0 Å². The van der Waals surface area contributed by atoms with Gasteiger partial charge < -0.3 is 10.1 Å². The molecule has 0 heterocycles. The molecule has 1 aromatic rings. The minimum absolute atomic E-state index is 0.242. The molecule has 0 saturated heterocycles. The number of hydrogen-bond donors (Lipinski definition) is 1. The maximum atomic E-state index is 14.0. The Bertz CT molecular complexity index is 421. The third-order valence-electron chi connectivity index (χ3n) is 4.52. The summed E-state index contributed by atoms with van der Waals surface area (Å²) in [6, 6.07) is 5.81. The van der Waals surface area contributed by atoms with Crippen molar-refractivity contribution in [2.24, 2.45) is 11.8 Å². The van der Waals surface area contributed by atoms with Gasteiger partial charge in [0.1, 0.15) is 0 Å². The molecule has 0 amide bonds. The molecule has 0 bridgehead atoms. The van der Waals surface area contributed by atoms with Crippen LogP contribution in [0.15, 0.2) is 18.2 Å². The summed E-state index contributed by atoms with van der Waals surface area (Å²) in [5.41, 5.74) is 0.685. The normalized spacial score (nSPS) is 27.3. The summed E-state index contributed by atoms with van der Waals surface area (Å²) < 4.78 is 19.0. The van der Waals surface area contributed by atoms with Gasteiger partial charge in [0.05, 0.1) is 7.11 Å². The minimum Gasteiger partial charge on any atom is -0.494 e. The lowest BCUT2D eigenvalue weighted by molar-refractivity contribution is 0.205. The monoisotopic (exact) mass is 265 g/mol. The maximum absolute atomic E-state index is 14.0. The van der Waals surface area contributed by atoms with Crippen molar-refractivity contribution in [2.45, 2.75) is 45.7 Å². The van der Waals surface area contributed by atoms with Crippen LogP contribution in [0, 0.1) is 17.7 Å². The van der Waals surface area contributed by atoms with Crippen LogP contribution in [0.5, 0.6) is 5.75 Å². The summed E-state index contributed by atoms with van der Waals surface area (Å²) >= 11 is 0. The first-order valence-corrected chi connectivity index (χ1v) is 7.18. The third-order valence-corrected chi connectivity index (χ3v) is 4.52. The van der Waals surface area contributed by atoms with Crippen LogP contribution in [-0.4, -0.2) is 13.2 Å². The van der Waals surface area contributed by atoms with Gasteiger partial charge in [-0.25, -0.2) is 4.39 Å². The summed E-state index contributed by atoms with van der Waals surface area (Å²) in [7, 11) is 1.50. The van der Waals surface area contributed by atoms with Gasteiger partial charge in [-0.2, -0.15) is 0 Å². The molecule has 3 atom stereocenters. The Morgan fingerprint density at radius 3 is 2.84 bits per heavy atom. The number of nitrogens with one attached hydrogen (secondary N) is 1. The molecule has 1 aromatic carbocycles. The fourth-order valence-electron chi connectivity index (χ4n) is 2.96. The molecule has 2 nitrogen and oxygen atoms in total. The molecule has 1 fully saturated rings. The summed E-state index contributed by atoms with van der Waals surface area (Å²) in [5, 5.41) is 3.51. The van der Waals surface area contributed by atoms with Crippen LogP contribution in [0.1, 0.15) is 38.7 Å². The zero-order chi connectivity index (χ0) is 13.8. The lowest BCUT2D eigenvalue weighted by Gasteiger charge is -2.34. The van der Waals surface area contributed by atoms with E-state index in [9.17, 15) is 4.39 Å². The molecule has 1 N–H and O–H groups in total. The van der Waals surface area contributed by atoms with E-state index < -0.39 is 0 Å². The molecule has 3 heteroatoms. The van der Waals surface area contributed by atoms with E-state index in [2.05, 4.69) is 19.2 Å². The Morgan fingerprint density at radius 2 is 2.11 bits per heavy atom. The third kappa shape index (κ3) is 3.27. The van der Waals surface area contributed by atoms with Crippen LogP contribution in [-0.2, 0) is 6.54 Å². The van der Waals surface area contributed by atoms with E-state index >= 15 is 0 Å². The second-order valence-corrected chi connectivity index (χ2v) is 5.69. The Balaban J connectivity index is 1.98. The average Bonchev–Trinajstić information content (AvgIpc) is 2.42. The Kier molecular flexibility index (Phi) is 4.81. The highest BCUT2D eigenvalue weighted by Gasteiger charge is 2.26. The number of ether oxygens (including phenoxy) is 1. The van der Waals surface area contributed by atoms with E-state index in [4.69, 9.17) is 4.74 Å². The van der Waals surface area contributed by atoms with Gasteiger partial charge in [-0.3, -0.25) is 0 Å². The van der Waals surface area contributed by atoms with E-state index in [-0.39, 0.29) is 5.82 Å². The highest BCUT2D eigenvalue weighted by Crippen LogP contribution is 2.30. The number of methoxy groups -OCH3 is 1. The molecule has 3 unspecified atom stereocenters. The van der Waals surface area contributed by atoms with Crippen molar-refractivity contribution in [3.63, 3.8) is 0 Å². The Labute approximate surface area is 115 Å². The molecule has 2 rings (SSSR count). The fourth-order valence-corrected chi connectivity index (χ4v) is 2.96. The molecular formula is C16H24FNO. The van der Waals surface area contributed by atoms with Gasteiger partial charge in [0.25, 0.3) is 0 Å². The predicted molar refractivity (Wildman–Crippen MR) is 75.8 cm³/mol. The number of hydrogen-bond acceptors (Lipinski definition) is 2. The van der Waals surface area contributed by atoms with Crippen LogP contribution in [0.3, 0.4) is 0 Å². The molecule has 0 aromatic heterocycles. The summed E-state index contributed by atoms with van der Waals surface area (Å²) in [5.74, 6) is 1.49. The first kappa shape index (κ1) is 14.3. The summed E-state index contributed by atoms with van der Waals surface area (Å²) in [6.07, 6.45) is 3.77. The predicted octanol–water partition coefficient (Wildman–Crippen LogP) is 3.75. The van der Waals surface area contributed by atoms with Gasteiger partial charge in [-0.05, 0) is 24.3 Å². The Morgan fingerprint density at radius 1 is 1.32 bits per heavy atom. The molecule has 1 aliphatic rings. The first-order valence-electron chi connectivity index (χ1n) is 7.18.